The molecule has 3 fully saturated rings. The van der Waals surface area contributed by atoms with E-state index in [0.717, 1.165) is 24.9 Å². The van der Waals surface area contributed by atoms with E-state index in [1.54, 1.807) is 0 Å². The maximum absolute atomic E-state index is 13.6. The Kier molecular flexibility index (Phi) is 4.13. The second-order valence-electron chi connectivity index (χ2n) is 8.01. The zero-order valence-electron chi connectivity index (χ0n) is 15.2. The Hall–Kier alpha value is -2.17. The van der Waals surface area contributed by atoms with E-state index in [1.807, 2.05) is 35.2 Å². The standard InChI is InChI=1S/C21H25NO4/c1-26-19(25)21-10-9-17(23)13-20(21,16-5-3-2-4-6-16)11-12-22(18(21)24)14-15-7-8-15/h2-6,15H,7-14H2,1H3. The average molecular weight is 355 g/mol. The summed E-state index contributed by atoms with van der Waals surface area (Å²) < 4.78 is 5.17. The largest absolute Gasteiger partial charge is 0.468 e. The van der Waals surface area contributed by atoms with Crippen molar-refractivity contribution in [1.82, 2.24) is 4.90 Å². The third kappa shape index (κ3) is 2.40. The van der Waals surface area contributed by atoms with Crippen molar-refractivity contribution in [2.45, 2.75) is 43.9 Å². The second-order valence-corrected chi connectivity index (χ2v) is 8.01. The number of Topliss-reactive ketones (excluding diaryl/α,β-unsaturated/α-hetero) is 1. The molecule has 1 aromatic rings. The van der Waals surface area contributed by atoms with Crippen molar-refractivity contribution in [3.05, 3.63) is 35.9 Å². The van der Waals surface area contributed by atoms with E-state index in [2.05, 4.69) is 0 Å². The number of amides is 1. The predicted octanol–water partition coefficient (Wildman–Crippen LogP) is 2.48. The molecule has 2 atom stereocenters. The normalized spacial score (nSPS) is 31.5. The van der Waals surface area contributed by atoms with Crippen LogP contribution >= 0.6 is 0 Å². The lowest BCUT2D eigenvalue weighted by Gasteiger charge is -2.55. The highest BCUT2D eigenvalue weighted by Crippen LogP contribution is 2.57. The molecule has 0 N–H and O–H groups in total. The molecule has 138 valence electrons. The monoisotopic (exact) mass is 355 g/mol. The van der Waals surface area contributed by atoms with Crippen molar-refractivity contribution in [3.8, 4) is 0 Å². The number of benzene rings is 1. The molecule has 2 aliphatic carbocycles. The zero-order chi connectivity index (χ0) is 18.4. The van der Waals surface area contributed by atoms with Gasteiger partial charge in [-0.25, -0.2) is 0 Å². The van der Waals surface area contributed by atoms with Gasteiger partial charge in [-0.2, -0.15) is 0 Å². The molecule has 2 saturated carbocycles. The summed E-state index contributed by atoms with van der Waals surface area (Å²) in [6, 6.07) is 9.62. The highest BCUT2D eigenvalue weighted by molar-refractivity contribution is 6.07. The summed E-state index contributed by atoms with van der Waals surface area (Å²) in [5.41, 5.74) is -1.18. The number of rotatable bonds is 4. The van der Waals surface area contributed by atoms with Crippen molar-refractivity contribution in [2.75, 3.05) is 20.2 Å². The highest BCUT2D eigenvalue weighted by Gasteiger charge is 2.68. The number of hydrogen-bond donors (Lipinski definition) is 0. The molecule has 26 heavy (non-hydrogen) atoms. The lowest BCUT2D eigenvalue weighted by Crippen LogP contribution is -2.67. The van der Waals surface area contributed by atoms with Crippen LogP contribution in [-0.2, 0) is 24.5 Å². The number of esters is 1. The number of piperidine rings is 1. The molecule has 0 bridgehead atoms. The maximum atomic E-state index is 13.6. The summed E-state index contributed by atoms with van der Waals surface area (Å²) in [5.74, 6) is 0.0538. The number of carbonyl (C=O) groups is 3. The van der Waals surface area contributed by atoms with Crippen LogP contribution in [0.2, 0.25) is 0 Å². The molecular weight excluding hydrogens is 330 g/mol. The summed E-state index contributed by atoms with van der Waals surface area (Å²) in [6.07, 6.45) is 3.65. The van der Waals surface area contributed by atoms with Gasteiger partial charge in [0.1, 0.15) is 5.78 Å². The van der Waals surface area contributed by atoms with E-state index in [1.165, 1.54) is 7.11 Å². The van der Waals surface area contributed by atoms with Crippen molar-refractivity contribution >= 4 is 17.7 Å². The number of ether oxygens (including phenoxy) is 1. The van der Waals surface area contributed by atoms with Crippen LogP contribution in [0.3, 0.4) is 0 Å². The minimum absolute atomic E-state index is 0.122. The van der Waals surface area contributed by atoms with Crippen molar-refractivity contribution in [1.29, 1.82) is 0 Å². The van der Waals surface area contributed by atoms with E-state index in [4.69, 9.17) is 4.74 Å². The fourth-order valence-electron chi connectivity index (χ4n) is 5.05. The lowest BCUT2D eigenvalue weighted by molar-refractivity contribution is -0.179. The van der Waals surface area contributed by atoms with Gasteiger partial charge in [0, 0.05) is 31.3 Å². The topological polar surface area (TPSA) is 63.7 Å². The second kappa shape index (κ2) is 6.22. The number of likely N-dealkylation sites (tertiary alicyclic amines) is 1. The Bertz CT molecular complexity index is 742. The average Bonchev–Trinajstić information content (AvgIpc) is 3.48. The number of carbonyl (C=O) groups excluding carboxylic acids is 3. The van der Waals surface area contributed by atoms with Gasteiger partial charge in [-0.15, -0.1) is 0 Å². The van der Waals surface area contributed by atoms with Crippen LogP contribution in [0.1, 0.15) is 44.1 Å². The van der Waals surface area contributed by atoms with E-state index in [-0.39, 0.29) is 31.0 Å². The van der Waals surface area contributed by atoms with Gasteiger partial charge in [0.25, 0.3) is 0 Å². The van der Waals surface area contributed by atoms with Crippen molar-refractivity contribution in [3.63, 3.8) is 0 Å². The molecule has 5 nitrogen and oxygen atoms in total. The zero-order valence-corrected chi connectivity index (χ0v) is 15.2. The predicted molar refractivity (Wildman–Crippen MR) is 95.3 cm³/mol. The van der Waals surface area contributed by atoms with E-state index in [0.29, 0.717) is 18.9 Å². The molecular formula is C21H25NO4. The van der Waals surface area contributed by atoms with Gasteiger partial charge < -0.3 is 9.64 Å². The first kappa shape index (κ1) is 17.3. The number of hydrogen-bond acceptors (Lipinski definition) is 4. The first-order valence-electron chi connectivity index (χ1n) is 9.48. The number of nitrogens with zero attached hydrogens (tertiary/aromatic N) is 1. The molecule has 2 unspecified atom stereocenters. The maximum Gasteiger partial charge on any atom is 0.322 e. The Morgan fingerprint density at radius 3 is 2.58 bits per heavy atom. The molecule has 1 aromatic carbocycles. The molecule has 1 heterocycles. The van der Waals surface area contributed by atoms with E-state index < -0.39 is 16.8 Å². The van der Waals surface area contributed by atoms with Crippen LogP contribution in [0.4, 0.5) is 0 Å². The summed E-state index contributed by atoms with van der Waals surface area (Å²) in [7, 11) is 1.34. The molecule has 0 radical (unpaired) electrons. The fourth-order valence-corrected chi connectivity index (χ4v) is 5.05. The van der Waals surface area contributed by atoms with Gasteiger partial charge in [-0.05, 0) is 37.2 Å². The van der Waals surface area contributed by atoms with Gasteiger partial charge in [0.05, 0.1) is 7.11 Å². The first-order chi connectivity index (χ1) is 12.5. The quantitative estimate of drug-likeness (QED) is 0.615. The summed E-state index contributed by atoms with van der Waals surface area (Å²) in [6.45, 7) is 1.31. The Morgan fingerprint density at radius 2 is 1.92 bits per heavy atom. The van der Waals surface area contributed by atoms with Crippen LogP contribution in [0.5, 0.6) is 0 Å². The fraction of sp³-hybridized carbons (Fsp3) is 0.571. The summed E-state index contributed by atoms with van der Waals surface area (Å²) in [4.78, 5) is 41.0. The molecule has 3 aliphatic rings. The van der Waals surface area contributed by atoms with E-state index >= 15 is 0 Å². The van der Waals surface area contributed by atoms with Gasteiger partial charge in [-0.1, -0.05) is 30.3 Å². The van der Waals surface area contributed by atoms with Gasteiger partial charge in [-0.3, -0.25) is 14.4 Å². The Balaban J connectivity index is 1.85. The number of ketones is 1. The molecule has 0 aromatic heterocycles. The Labute approximate surface area is 153 Å². The minimum atomic E-state index is -1.29. The molecule has 0 spiro atoms. The summed E-state index contributed by atoms with van der Waals surface area (Å²) >= 11 is 0. The number of fused-ring (bicyclic) bond motifs is 1. The molecule has 1 saturated heterocycles. The van der Waals surface area contributed by atoms with Crippen LogP contribution in [0.25, 0.3) is 0 Å². The van der Waals surface area contributed by atoms with E-state index in [9.17, 15) is 14.4 Å². The molecule has 1 aliphatic heterocycles. The van der Waals surface area contributed by atoms with Crippen LogP contribution in [0.15, 0.2) is 30.3 Å². The van der Waals surface area contributed by atoms with Gasteiger partial charge >= 0.3 is 5.97 Å². The van der Waals surface area contributed by atoms with Crippen molar-refractivity contribution in [2.24, 2.45) is 11.3 Å². The minimum Gasteiger partial charge on any atom is -0.468 e. The van der Waals surface area contributed by atoms with Crippen LogP contribution in [-0.4, -0.2) is 42.8 Å². The molecule has 5 heteroatoms. The van der Waals surface area contributed by atoms with Crippen molar-refractivity contribution < 1.29 is 19.1 Å². The third-order valence-electron chi connectivity index (χ3n) is 6.59. The van der Waals surface area contributed by atoms with Gasteiger partial charge in [0.2, 0.25) is 5.91 Å². The van der Waals surface area contributed by atoms with Gasteiger partial charge in [0.15, 0.2) is 5.41 Å². The summed E-state index contributed by atoms with van der Waals surface area (Å²) in [5, 5.41) is 0. The lowest BCUT2D eigenvalue weighted by atomic mass is 9.49. The highest BCUT2D eigenvalue weighted by atomic mass is 16.5. The molecule has 4 rings (SSSR count). The smallest absolute Gasteiger partial charge is 0.322 e. The Morgan fingerprint density at radius 1 is 1.19 bits per heavy atom. The third-order valence-corrected chi connectivity index (χ3v) is 6.59. The number of methoxy groups -OCH3 is 1. The van der Waals surface area contributed by atoms with Crippen LogP contribution < -0.4 is 0 Å². The SMILES string of the molecule is COC(=O)C12CCC(=O)CC1(c1ccccc1)CCN(CC1CC1)C2=O. The van der Waals surface area contributed by atoms with Crippen LogP contribution in [0, 0.1) is 11.3 Å². The molecule has 1 amide bonds. The first-order valence-corrected chi connectivity index (χ1v) is 9.48.